The van der Waals surface area contributed by atoms with Crippen LogP contribution in [0.15, 0.2) is 36.4 Å². The van der Waals surface area contributed by atoms with Crippen LogP contribution < -0.4 is 24.8 Å². The lowest BCUT2D eigenvalue weighted by molar-refractivity contribution is 0.240. The van der Waals surface area contributed by atoms with Crippen LogP contribution >= 0.6 is 0 Å². The fourth-order valence-electron chi connectivity index (χ4n) is 2.39. The molecule has 0 aliphatic carbocycles. The van der Waals surface area contributed by atoms with Crippen LogP contribution in [0, 0.1) is 6.92 Å². The van der Waals surface area contributed by atoms with Crippen molar-refractivity contribution < 1.29 is 19.0 Å². The molecule has 0 atom stereocenters. The van der Waals surface area contributed by atoms with E-state index in [1.165, 1.54) is 0 Å². The molecule has 0 aliphatic heterocycles. The number of benzene rings is 2. The molecule has 0 heterocycles. The van der Waals surface area contributed by atoms with Crippen LogP contribution in [0.5, 0.6) is 17.2 Å². The number of hydrogen-bond donors (Lipinski definition) is 2. The minimum Gasteiger partial charge on any atom is -0.496 e. The second-order valence-corrected chi connectivity index (χ2v) is 5.53. The number of aryl methyl sites for hydroxylation is 1. The van der Waals surface area contributed by atoms with Gasteiger partial charge in [0.05, 0.1) is 21.3 Å². The van der Waals surface area contributed by atoms with Gasteiger partial charge in [-0.3, -0.25) is 0 Å². The van der Waals surface area contributed by atoms with E-state index >= 15 is 0 Å². The van der Waals surface area contributed by atoms with Gasteiger partial charge in [-0.15, -0.1) is 0 Å². The Bertz CT molecular complexity index is 731. The van der Waals surface area contributed by atoms with Gasteiger partial charge in [0.15, 0.2) is 11.5 Å². The summed E-state index contributed by atoms with van der Waals surface area (Å²) in [6, 6.07) is 11.1. The molecule has 0 aliphatic rings. The Morgan fingerprint density at radius 1 is 0.800 bits per heavy atom. The summed E-state index contributed by atoms with van der Waals surface area (Å²) in [4.78, 5) is 12.0. The number of nitrogens with one attached hydrogen (secondary N) is 2. The normalized spacial score (nSPS) is 10.1. The molecule has 2 aromatic rings. The lowest BCUT2D eigenvalue weighted by Crippen LogP contribution is -2.34. The van der Waals surface area contributed by atoms with Crippen molar-refractivity contribution in [2.45, 2.75) is 20.0 Å². The third-order valence-corrected chi connectivity index (χ3v) is 3.83. The zero-order valence-corrected chi connectivity index (χ0v) is 15.0. The molecule has 2 N–H and O–H groups in total. The molecule has 2 rings (SSSR count). The van der Waals surface area contributed by atoms with Crippen molar-refractivity contribution in [3.63, 3.8) is 0 Å². The Morgan fingerprint density at radius 3 is 1.88 bits per heavy atom. The highest BCUT2D eigenvalue weighted by molar-refractivity contribution is 5.73. The van der Waals surface area contributed by atoms with Gasteiger partial charge in [0.2, 0.25) is 0 Å². The molecule has 0 unspecified atom stereocenters. The molecule has 0 radical (unpaired) electrons. The minimum absolute atomic E-state index is 0.241. The maximum atomic E-state index is 12.0. The van der Waals surface area contributed by atoms with Gasteiger partial charge in [-0.05, 0) is 41.8 Å². The number of urea groups is 1. The molecule has 0 saturated carbocycles. The molecule has 0 saturated heterocycles. The van der Waals surface area contributed by atoms with Gasteiger partial charge < -0.3 is 24.8 Å². The molecule has 0 spiro atoms. The standard InChI is InChI=1S/C19H24N2O4/c1-13-5-6-14(9-17(13)24-3)11-20-19(22)21-12-15-7-8-16(23-2)18(10-15)25-4/h5-10H,11-12H2,1-4H3,(H2,20,21,22). The Hall–Kier alpha value is -2.89. The molecule has 2 aromatic carbocycles. The van der Waals surface area contributed by atoms with Crippen molar-refractivity contribution in [2.24, 2.45) is 0 Å². The van der Waals surface area contributed by atoms with Gasteiger partial charge in [0, 0.05) is 13.1 Å². The molecule has 6 nitrogen and oxygen atoms in total. The predicted octanol–water partition coefficient (Wildman–Crippen LogP) is 3.02. The highest BCUT2D eigenvalue weighted by Crippen LogP contribution is 2.27. The summed E-state index contributed by atoms with van der Waals surface area (Å²) in [5.41, 5.74) is 2.96. The van der Waals surface area contributed by atoms with E-state index in [0.29, 0.717) is 24.6 Å². The van der Waals surface area contributed by atoms with Crippen molar-refractivity contribution >= 4 is 6.03 Å². The van der Waals surface area contributed by atoms with Crippen molar-refractivity contribution in [3.05, 3.63) is 53.1 Å². The summed E-state index contributed by atoms with van der Waals surface area (Å²) < 4.78 is 15.7. The number of ether oxygens (including phenoxy) is 3. The van der Waals surface area contributed by atoms with Crippen LogP contribution in [0.3, 0.4) is 0 Å². The smallest absolute Gasteiger partial charge is 0.315 e. The number of methoxy groups -OCH3 is 3. The Labute approximate surface area is 148 Å². The van der Waals surface area contributed by atoms with Crippen LogP contribution in [0.25, 0.3) is 0 Å². The molecule has 0 aromatic heterocycles. The van der Waals surface area contributed by atoms with Crippen LogP contribution in [0.1, 0.15) is 16.7 Å². The summed E-state index contributed by atoms with van der Waals surface area (Å²) in [5, 5.41) is 5.65. The number of amides is 2. The second-order valence-electron chi connectivity index (χ2n) is 5.53. The van der Waals surface area contributed by atoms with Gasteiger partial charge in [-0.1, -0.05) is 18.2 Å². The molecule has 25 heavy (non-hydrogen) atoms. The molecule has 134 valence electrons. The van der Waals surface area contributed by atoms with Crippen molar-refractivity contribution in [1.29, 1.82) is 0 Å². The molecule has 0 bridgehead atoms. The molecular weight excluding hydrogens is 320 g/mol. The zero-order chi connectivity index (χ0) is 18.2. The maximum absolute atomic E-state index is 12.0. The Balaban J connectivity index is 1.86. The van der Waals surface area contributed by atoms with E-state index in [0.717, 1.165) is 22.4 Å². The summed E-state index contributed by atoms with van der Waals surface area (Å²) in [5.74, 6) is 2.10. The van der Waals surface area contributed by atoms with Crippen molar-refractivity contribution in [3.8, 4) is 17.2 Å². The monoisotopic (exact) mass is 344 g/mol. The first-order chi connectivity index (χ1) is 12.1. The number of carbonyl (C=O) groups is 1. The molecule has 0 fully saturated rings. The Kier molecular flexibility index (Phi) is 6.51. The average Bonchev–Trinajstić information content (AvgIpc) is 2.65. The van der Waals surface area contributed by atoms with Gasteiger partial charge in [-0.2, -0.15) is 0 Å². The van der Waals surface area contributed by atoms with E-state index in [4.69, 9.17) is 14.2 Å². The van der Waals surface area contributed by atoms with E-state index < -0.39 is 0 Å². The van der Waals surface area contributed by atoms with Crippen molar-refractivity contribution in [2.75, 3.05) is 21.3 Å². The van der Waals surface area contributed by atoms with E-state index in [1.807, 2.05) is 43.3 Å². The number of rotatable bonds is 7. The first-order valence-electron chi connectivity index (χ1n) is 7.93. The van der Waals surface area contributed by atoms with Gasteiger partial charge >= 0.3 is 6.03 Å². The number of carbonyl (C=O) groups excluding carboxylic acids is 1. The first-order valence-corrected chi connectivity index (χ1v) is 7.93. The largest absolute Gasteiger partial charge is 0.496 e. The second kappa shape index (κ2) is 8.82. The zero-order valence-electron chi connectivity index (χ0n) is 15.0. The minimum atomic E-state index is -0.241. The van der Waals surface area contributed by atoms with Gasteiger partial charge in [-0.25, -0.2) is 4.79 Å². The van der Waals surface area contributed by atoms with E-state index in [2.05, 4.69) is 10.6 Å². The molecular formula is C19H24N2O4. The third-order valence-electron chi connectivity index (χ3n) is 3.83. The third kappa shape index (κ3) is 5.04. The summed E-state index contributed by atoms with van der Waals surface area (Å²) >= 11 is 0. The fourth-order valence-corrected chi connectivity index (χ4v) is 2.39. The summed E-state index contributed by atoms with van der Waals surface area (Å²) in [6.07, 6.45) is 0. The van der Waals surface area contributed by atoms with E-state index in [1.54, 1.807) is 21.3 Å². The Morgan fingerprint density at radius 2 is 1.32 bits per heavy atom. The van der Waals surface area contributed by atoms with Crippen LogP contribution in [0.4, 0.5) is 4.79 Å². The van der Waals surface area contributed by atoms with Crippen LogP contribution in [0.2, 0.25) is 0 Å². The quantitative estimate of drug-likeness (QED) is 0.810. The lowest BCUT2D eigenvalue weighted by Gasteiger charge is -2.12. The summed E-state index contributed by atoms with van der Waals surface area (Å²) in [6.45, 7) is 2.80. The van der Waals surface area contributed by atoms with E-state index in [-0.39, 0.29) is 6.03 Å². The first kappa shape index (κ1) is 18.4. The predicted molar refractivity (Wildman–Crippen MR) is 96.4 cm³/mol. The lowest BCUT2D eigenvalue weighted by atomic mass is 10.1. The van der Waals surface area contributed by atoms with Gasteiger partial charge in [0.25, 0.3) is 0 Å². The molecule has 6 heteroatoms. The maximum Gasteiger partial charge on any atom is 0.315 e. The van der Waals surface area contributed by atoms with Gasteiger partial charge in [0.1, 0.15) is 5.75 Å². The van der Waals surface area contributed by atoms with E-state index in [9.17, 15) is 4.79 Å². The highest BCUT2D eigenvalue weighted by atomic mass is 16.5. The number of hydrogen-bond acceptors (Lipinski definition) is 4. The molecule has 2 amide bonds. The SMILES string of the molecule is COc1cc(CNC(=O)NCc2ccc(OC)c(OC)c2)ccc1C. The van der Waals surface area contributed by atoms with Crippen LogP contribution in [-0.2, 0) is 13.1 Å². The van der Waals surface area contributed by atoms with Crippen molar-refractivity contribution in [1.82, 2.24) is 10.6 Å². The average molecular weight is 344 g/mol. The fraction of sp³-hybridized carbons (Fsp3) is 0.316. The highest BCUT2D eigenvalue weighted by Gasteiger charge is 2.07. The topological polar surface area (TPSA) is 68.8 Å². The van der Waals surface area contributed by atoms with Crippen LogP contribution in [-0.4, -0.2) is 27.4 Å². The summed E-state index contributed by atoms with van der Waals surface area (Å²) in [7, 11) is 4.80.